The van der Waals surface area contributed by atoms with Crippen LogP contribution in [0.3, 0.4) is 0 Å². The molecule has 0 atom stereocenters. The van der Waals surface area contributed by atoms with Gasteiger partial charge in [0, 0.05) is 17.1 Å². The average molecular weight is 213 g/mol. The van der Waals surface area contributed by atoms with Crippen molar-refractivity contribution in [1.82, 2.24) is 0 Å². The largest absolute Gasteiger partial charge is 0.748 e. The second-order valence-corrected chi connectivity index (χ2v) is 2.85. The summed E-state index contributed by atoms with van der Waals surface area (Å²) in [6.45, 7) is 4.24. The van der Waals surface area contributed by atoms with Gasteiger partial charge in [0.2, 0.25) is 0 Å². The van der Waals surface area contributed by atoms with Crippen molar-refractivity contribution in [2.24, 2.45) is 0 Å². The van der Waals surface area contributed by atoms with Crippen molar-refractivity contribution in [3.05, 3.63) is 59.7 Å². The average Bonchev–Trinajstić information content (AvgIpc) is 2.67. The van der Waals surface area contributed by atoms with E-state index in [9.17, 15) is 0 Å². The Bertz CT molecular complexity index is 257. The third-order valence-corrected chi connectivity index (χ3v) is 1.87. The van der Waals surface area contributed by atoms with E-state index in [4.69, 9.17) is 0 Å². The van der Waals surface area contributed by atoms with Crippen molar-refractivity contribution < 1.29 is 17.1 Å². The molecule has 0 unspecified atom stereocenters. The fourth-order valence-electron chi connectivity index (χ4n) is 0.920. The van der Waals surface area contributed by atoms with E-state index in [1.807, 2.05) is 30.3 Å². The maximum Gasteiger partial charge on any atom is 0 e. The van der Waals surface area contributed by atoms with Crippen LogP contribution in [0.25, 0.3) is 0 Å². The Hall–Kier alpha value is -0.781. The van der Waals surface area contributed by atoms with Gasteiger partial charge in [0.1, 0.15) is 0 Å². The summed E-state index contributed by atoms with van der Waals surface area (Å²) >= 11 is 0. The molecule has 0 aliphatic heterocycles. The van der Waals surface area contributed by atoms with Gasteiger partial charge in [-0.1, -0.05) is 13.8 Å². The van der Waals surface area contributed by atoms with E-state index in [-0.39, 0.29) is 17.1 Å². The Morgan fingerprint density at radius 2 is 1.54 bits per heavy atom. The fourth-order valence-corrected chi connectivity index (χ4v) is 0.920. The zero-order valence-corrected chi connectivity index (χ0v) is 9.18. The number of hydrogen-bond acceptors (Lipinski definition) is 0. The molecule has 0 fully saturated rings. The minimum Gasteiger partial charge on any atom is -0.748 e. The fraction of sp³-hybridized carbons (Fsp3) is 0.167. The van der Waals surface area contributed by atoms with Crippen LogP contribution in [-0.2, 0) is 17.1 Å². The molecule has 0 aliphatic carbocycles. The Kier molecular flexibility index (Phi) is 6.30. The van der Waals surface area contributed by atoms with Crippen LogP contribution in [0, 0.1) is 13.8 Å². The van der Waals surface area contributed by atoms with Crippen molar-refractivity contribution in [1.29, 1.82) is 0 Å². The molecule has 0 spiro atoms. The molecular weight excluding hydrogens is 199 g/mol. The smallest absolute Gasteiger partial charge is 0 e. The van der Waals surface area contributed by atoms with E-state index < -0.39 is 0 Å². The molecule has 2 rings (SSSR count). The van der Waals surface area contributed by atoms with E-state index in [1.54, 1.807) is 0 Å². The van der Waals surface area contributed by atoms with Crippen LogP contribution >= 0.6 is 0 Å². The molecule has 1 radical (unpaired) electrons. The minimum atomic E-state index is 0. The van der Waals surface area contributed by atoms with Gasteiger partial charge < -0.3 is 30.3 Å². The molecule has 0 heterocycles. The molecule has 0 nitrogen and oxygen atoms in total. The van der Waals surface area contributed by atoms with Crippen molar-refractivity contribution >= 4 is 0 Å². The van der Waals surface area contributed by atoms with Crippen LogP contribution in [0.4, 0.5) is 0 Å². The summed E-state index contributed by atoms with van der Waals surface area (Å²) in [7, 11) is 0. The first-order chi connectivity index (χ1) is 5.80. The molecular formula is C12H14Mn-6. The normalized spacial score (nSPS) is 8.15. The minimum absolute atomic E-state index is 0. The Morgan fingerprint density at radius 1 is 1.08 bits per heavy atom. The molecule has 2 aromatic rings. The zero-order chi connectivity index (χ0) is 8.81. The third-order valence-electron chi connectivity index (χ3n) is 1.87. The molecule has 0 aliphatic rings. The van der Waals surface area contributed by atoms with Crippen LogP contribution < -0.4 is 0 Å². The summed E-state index contributed by atoms with van der Waals surface area (Å²) in [5.41, 5.74) is 2.78. The molecule has 75 valence electrons. The summed E-state index contributed by atoms with van der Waals surface area (Å²) in [5.74, 6) is 0. The molecule has 0 N–H and O–H groups in total. The van der Waals surface area contributed by atoms with Gasteiger partial charge in [-0.25, -0.2) is 12.1 Å². The molecule has 0 amide bonds. The Balaban J connectivity index is 0.000000215. The second-order valence-electron chi connectivity index (χ2n) is 2.85. The monoisotopic (exact) mass is 213 g/mol. The number of aryl methyl sites for hydroxylation is 2. The van der Waals surface area contributed by atoms with Crippen LogP contribution in [0.15, 0.2) is 48.5 Å². The molecule has 13 heavy (non-hydrogen) atoms. The van der Waals surface area contributed by atoms with E-state index in [2.05, 4.69) is 32.0 Å². The molecule has 1 heteroatoms. The van der Waals surface area contributed by atoms with Crippen LogP contribution in [0.1, 0.15) is 11.1 Å². The molecule has 0 aromatic heterocycles. The van der Waals surface area contributed by atoms with Gasteiger partial charge in [-0.3, -0.25) is 0 Å². The molecule has 0 bridgehead atoms. The van der Waals surface area contributed by atoms with Gasteiger partial charge in [0.25, 0.3) is 0 Å². The molecule has 0 saturated carbocycles. The van der Waals surface area contributed by atoms with Gasteiger partial charge in [0.15, 0.2) is 0 Å². The number of rotatable bonds is 0. The van der Waals surface area contributed by atoms with Crippen LogP contribution in [0.2, 0.25) is 0 Å². The van der Waals surface area contributed by atoms with Gasteiger partial charge >= 0.3 is 0 Å². The summed E-state index contributed by atoms with van der Waals surface area (Å²) < 4.78 is 0. The van der Waals surface area contributed by atoms with E-state index in [0.717, 1.165) is 0 Å². The Morgan fingerprint density at radius 3 is 1.69 bits per heavy atom. The summed E-state index contributed by atoms with van der Waals surface area (Å²) in [6, 6.07) is 16.3. The second kappa shape index (κ2) is 6.71. The van der Waals surface area contributed by atoms with Crippen LogP contribution in [0.5, 0.6) is 0 Å². The van der Waals surface area contributed by atoms with Crippen LogP contribution in [-0.4, -0.2) is 0 Å². The maximum absolute atomic E-state index is 2.12. The summed E-state index contributed by atoms with van der Waals surface area (Å²) in [5, 5.41) is 0. The van der Waals surface area contributed by atoms with Crippen molar-refractivity contribution in [2.45, 2.75) is 13.8 Å². The standard InChI is InChI=1S/C7H9.C5H5.Mn/c1-6-4-3-5-7(6)2;1-2-4-5-3-1;/h3-5H,1-2H3;1-5H;/q-1;-5;. The van der Waals surface area contributed by atoms with E-state index in [0.29, 0.717) is 0 Å². The van der Waals surface area contributed by atoms with Crippen molar-refractivity contribution in [3.8, 4) is 0 Å². The first-order valence-electron chi connectivity index (χ1n) is 4.16. The van der Waals surface area contributed by atoms with E-state index >= 15 is 0 Å². The van der Waals surface area contributed by atoms with E-state index in [1.165, 1.54) is 11.1 Å². The van der Waals surface area contributed by atoms with Gasteiger partial charge in [-0.15, -0.1) is 0 Å². The third kappa shape index (κ3) is 4.72. The zero-order valence-electron chi connectivity index (χ0n) is 8.00. The van der Waals surface area contributed by atoms with Crippen molar-refractivity contribution in [2.75, 3.05) is 0 Å². The van der Waals surface area contributed by atoms with Gasteiger partial charge in [-0.2, -0.15) is 17.2 Å². The predicted molar refractivity (Wildman–Crippen MR) is 53.5 cm³/mol. The first kappa shape index (κ1) is 12.2. The topological polar surface area (TPSA) is 0 Å². The van der Waals surface area contributed by atoms with Gasteiger partial charge in [-0.05, 0) is 0 Å². The molecule has 2 aromatic carbocycles. The van der Waals surface area contributed by atoms with Gasteiger partial charge in [0.05, 0.1) is 0 Å². The maximum atomic E-state index is 2.12. The summed E-state index contributed by atoms with van der Waals surface area (Å²) in [4.78, 5) is 0. The number of hydrogen-bond donors (Lipinski definition) is 0. The Labute approximate surface area is 90.8 Å². The summed E-state index contributed by atoms with van der Waals surface area (Å²) in [6.07, 6.45) is 0. The first-order valence-corrected chi connectivity index (χ1v) is 4.16. The quantitative estimate of drug-likeness (QED) is 0.464. The molecule has 0 saturated heterocycles. The predicted octanol–water partition coefficient (Wildman–Crippen LogP) is 3.43. The van der Waals surface area contributed by atoms with Crippen molar-refractivity contribution in [3.63, 3.8) is 0 Å². The SMILES string of the molecule is Cc1ccc[c-]1C.[Mn].[cH-]1[cH-][cH-][cH-][cH-]1.